The van der Waals surface area contributed by atoms with E-state index in [-0.39, 0.29) is 10.8 Å². The predicted octanol–water partition coefficient (Wildman–Crippen LogP) is 2.22. The maximum Gasteiger partial charge on any atom is 0.253 e. The molecule has 0 aromatic heterocycles. The molecule has 0 spiro atoms. The number of methoxy groups -OCH3 is 1. The Bertz CT molecular complexity index is 846. The van der Waals surface area contributed by atoms with E-state index in [4.69, 9.17) is 4.74 Å². The van der Waals surface area contributed by atoms with Gasteiger partial charge in [-0.15, -0.1) is 0 Å². The highest BCUT2D eigenvalue weighted by Gasteiger charge is 2.20. The minimum Gasteiger partial charge on any atom is -0.497 e. The van der Waals surface area contributed by atoms with Crippen LogP contribution in [0.15, 0.2) is 53.4 Å². The van der Waals surface area contributed by atoms with E-state index in [0.29, 0.717) is 12.1 Å². The van der Waals surface area contributed by atoms with Gasteiger partial charge in [-0.05, 0) is 35.9 Å². The Morgan fingerprint density at radius 1 is 1.04 bits per heavy atom. The van der Waals surface area contributed by atoms with Gasteiger partial charge in [0.25, 0.3) is 5.91 Å². The van der Waals surface area contributed by atoms with E-state index >= 15 is 0 Å². The maximum absolute atomic E-state index is 12.6. The molecule has 134 valence electrons. The highest BCUT2D eigenvalue weighted by Crippen LogP contribution is 2.17. The summed E-state index contributed by atoms with van der Waals surface area (Å²) in [6.45, 7) is 0.410. The number of benzene rings is 2. The lowest BCUT2D eigenvalue weighted by Crippen LogP contribution is -2.27. The van der Waals surface area contributed by atoms with Gasteiger partial charge < -0.3 is 9.64 Å². The van der Waals surface area contributed by atoms with Crippen molar-refractivity contribution < 1.29 is 17.9 Å². The van der Waals surface area contributed by atoms with Crippen LogP contribution in [0.25, 0.3) is 0 Å². The van der Waals surface area contributed by atoms with Crippen molar-refractivity contribution >= 4 is 15.9 Å². The molecule has 0 aliphatic rings. The fourth-order valence-electron chi connectivity index (χ4n) is 2.30. The number of ether oxygens (including phenoxy) is 1. The Labute approximate surface area is 148 Å². The molecule has 0 atom stereocenters. The second-order valence-corrected chi connectivity index (χ2v) is 7.98. The highest BCUT2D eigenvalue weighted by atomic mass is 32.2. The minimum atomic E-state index is -3.58. The van der Waals surface area contributed by atoms with Crippen molar-refractivity contribution in [2.24, 2.45) is 0 Å². The third-order valence-corrected chi connectivity index (χ3v) is 5.60. The van der Waals surface area contributed by atoms with Crippen LogP contribution >= 0.6 is 0 Å². The van der Waals surface area contributed by atoms with Crippen LogP contribution in [0.2, 0.25) is 0 Å². The number of rotatable bonds is 6. The molecule has 25 heavy (non-hydrogen) atoms. The van der Waals surface area contributed by atoms with Gasteiger partial charge in [0.05, 0.1) is 12.0 Å². The molecular weight excluding hydrogens is 340 g/mol. The van der Waals surface area contributed by atoms with Crippen molar-refractivity contribution in [3.8, 4) is 5.75 Å². The predicted molar refractivity (Wildman–Crippen MR) is 96.1 cm³/mol. The third-order valence-electron chi connectivity index (χ3n) is 3.79. The summed E-state index contributed by atoms with van der Waals surface area (Å²) in [6, 6.07) is 13.5. The first kappa shape index (κ1) is 19.0. The van der Waals surface area contributed by atoms with Gasteiger partial charge in [0.15, 0.2) is 0 Å². The molecule has 0 saturated carbocycles. The van der Waals surface area contributed by atoms with Gasteiger partial charge in [0.1, 0.15) is 5.75 Å². The first-order chi connectivity index (χ1) is 11.8. The summed E-state index contributed by atoms with van der Waals surface area (Å²) in [5.74, 6) is 0.506. The number of carbonyl (C=O) groups excluding carboxylic acids is 1. The molecule has 0 aliphatic heterocycles. The van der Waals surface area contributed by atoms with E-state index in [1.165, 1.54) is 26.2 Å². The third kappa shape index (κ3) is 4.37. The van der Waals surface area contributed by atoms with Crippen LogP contribution in [0.5, 0.6) is 5.75 Å². The van der Waals surface area contributed by atoms with Crippen LogP contribution < -0.4 is 4.74 Å². The molecule has 0 saturated heterocycles. The van der Waals surface area contributed by atoms with Gasteiger partial charge in [-0.1, -0.05) is 18.2 Å². The van der Waals surface area contributed by atoms with Crippen LogP contribution in [0, 0.1) is 0 Å². The molecule has 7 heteroatoms. The second-order valence-electron chi connectivity index (χ2n) is 5.82. The van der Waals surface area contributed by atoms with E-state index in [1.54, 1.807) is 31.2 Å². The summed E-state index contributed by atoms with van der Waals surface area (Å²) in [7, 11) is 2.62. The first-order valence-corrected chi connectivity index (χ1v) is 9.10. The number of carbonyl (C=O) groups is 1. The molecule has 2 aromatic rings. The Morgan fingerprint density at radius 3 is 2.24 bits per heavy atom. The number of sulfonamides is 1. The Morgan fingerprint density at radius 2 is 1.68 bits per heavy atom. The smallest absolute Gasteiger partial charge is 0.253 e. The molecule has 2 rings (SSSR count). The summed E-state index contributed by atoms with van der Waals surface area (Å²) in [4.78, 5) is 14.3. The van der Waals surface area contributed by atoms with Crippen molar-refractivity contribution in [2.75, 3.05) is 28.3 Å². The van der Waals surface area contributed by atoms with Gasteiger partial charge in [-0.3, -0.25) is 4.79 Å². The standard InChI is InChI=1S/C18H22N2O4S/c1-19(2)25(22,23)17-7-5-6-15(12-17)18(21)20(3)13-14-8-10-16(24-4)11-9-14/h5-12H,13H2,1-4H3. The van der Waals surface area contributed by atoms with E-state index < -0.39 is 10.0 Å². The number of amides is 1. The molecule has 2 aromatic carbocycles. The van der Waals surface area contributed by atoms with Crippen LogP contribution in [0.1, 0.15) is 15.9 Å². The molecule has 1 amide bonds. The summed E-state index contributed by atoms with van der Waals surface area (Å²) in [5, 5.41) is 0. The number of nitrogens with zero attached hydrogens (tertiary/aromatic N) is 2. The largest absolute Gasteiger partial charge is 0.497 e. The van der Waals surface area contributed by atoms with Crippen LogP contribution in [-0.4, -0.2) is 51.8 Å². The normalized spacial score (nSPS) is 11.4. The first-order valence-electron chi connectivity index (χ1n) is 7.66. The van der Waals surface area contributed by atoms with Crippen LogP contribution in [0.3, 0.4) is 0 Å². The zero-order chi connectivity index (χ0) is 18.6. The van der Waals surface area contributed by atoms with Crippen molar-refractivity contribution in [3.05, 3.63) is 59.7 Å². The summed E-state index contributed by atoms with van der Waals surface area (Å²) >= 11 is 0. The molecule has 0 radical (unpaired) electrons. The topological polar surface area (TPSA) is 66.9 Å². The lowest BCUT2D eigenvalue weighted by molar-refractivity contribution is 0.0785. The van der Waals surface area contributed by atoms with Gasteiger partial charge >= 0.3 is 0 Å². The van der Waals surface area contributed by atoms with Gasteiger partial charge in [0, 0.05) is 33.3 Å². The van der Waals surface area contributed by atoms with Gasteiger partial charge in [-0.25, -0.2) is 12.7 Å². The molecule has 0 unspecified atom stereocenters. The second kappa shape index (κ2) is 7.67. The molecule has 0 N–H and O–H groups in total. The zero-order valence-corrected chi connectivity index (χ0v) is 15.6. The summed E-state index contributed by atoms with van der Waals surface area (Å²) < 4.78 is 30.7. The van der Waals surface area contributed by atoms with Crippen LogP contribution in [-0.2, 0) is 16.6 Å². The lowest BCUT2D eigenvalue weighted by atomic mass is 10.1. The zero-order valence-electron chi connectivity index (χ0n) is 14.8. The average molecular weight is 362 g/mol. The van der Waals surface area contributed by atoms with Gasteiger partial charge in [0.2, 0.25) is 10.0 Å². The lowest BCUT2D eigenvalue weighted by Gasteiger charge is -2.18. The van der Waals surface area contributed by atoms with E-state index in [0.717, 1.165) is 15.6 Å². The van der Waals surface area contributed by atoms with Crippen LogP contribution in [0.4, 0.5) is 0 Å². The average Bonchev–Trinajstić information content (AvgIpc) is 2.61. The molecule has 0 bridgehead atoms. The molecular formula is C18H22N2O4S. The van der Waals surface area contributed by atoms with E-state index in [9.17, 15) is 13.2 Å². The Hall–Kier alpha value is -2.38. The number of hydrogen-bond donors (Lipinski definition) is 0. The quantitative estimate of drug-likeness (QED) is 0.790. The fraction of sp³-hybridized carbons (Fsp3) is 0.278. The highest BCUT2D eigenvalue weighted by molar-refractivity contribution is 7.89. The van der Waals surface area contributed by atoms with E-state index in [1.807, 2.05) is 24.3 Å². The summed E-state index contributed by atoms with van der Waals surface area (Å²) in [5.41, 5.74) is 1.28. The van der Waals surface area contributed by atoms with Crippen molar-refractivity contribution in [1.29, 1.82) is 0 Å². The molecule has 6 nitrogen and oxygen atoms in total. The van der Waals surface area contributed by atoms with Gasteiger partial charge in [-0.2, -0.15) is 0 Å². The Balaban J connectivity index is 2.19. The molecule has 0 heterocycles. The van der Waals surface area contributed by atoms with Crippen molar-refractivity contribution in [2.45, 2.75) is 11.4 Å². The fourth-order valence-corrected chi connectivity index (χ4v) is 3.25. The number of hydrogen-bond acceptors (Lipinski definition) is 4. The Kier molecular flexibility index (Phi) is 5.81. The molecule has 0 aliphatic carbocycles. The van der Waals surface area contributed by atoms with Crippen molar-refractivity contribution in [1.82, 2.24) is 9.21 Å². The molecule has 0 fully saturated rings. The SMILES string of the molecule is COc1ccc(CN(C)C(=O)c2cccc(S(=O)(=O)N(C)C)c2)cc1. The van der Waals surface area contributed by atoms with Crippen molar-refractivity contribution in [3.63, 3.8) is 0 Å². The van der Waals surface area contributed by atoms with E-state index in [2.05, 4.69) is 0 Å². The summed E-state index contributed by atoms with van der Waals surface area (Å²) in [6.07, 6.45) is 0. The maximum atomic E-state index is 12.6. The monoisotopic (exact) mass is 362 g/mol. The minimum absolute atomic E-state index is 0.0983.